The second kappa shape index (κ2) is 11.0. The third-order valence-corrected chi connectivity index (χ3v) is 8.04. The number of fused-ring (bicyclic) bond motifs is 3. The highest BCUT2D eigenvalue weighted by Gasteiger charge is 2.36. The fraction of sp³-hybridized carbons (Fsp3) is 0.448. The number of imidazole rings is 1. The standard InChI is InChI=1S/C29H32F4N8/c1-3-39-9-11-40(12-10-39)17-19-7-8-24(34-15-19)36-28-35-16-21(29(31,32)33)26(38-28)20-13-22(30)27-23(14-20)41-18(2)5-4-6-25(41)37-27/h7-8,13-16,18H,3-6,9-12,17H2,1-2H3,(H,34,35,36,38). The maximum absolute atomic E-state index is 15.2. The van der Waals surface area contributed by atoms with Crippen molar-refractivity contribution in [3.63, 3.8) is 0 Å². The maximum Gasteiger partial charge on any atom is 0.419 e. The van der Waals surface area contributed by atoms with Gasteiger partial charge in [0.25, 0.3) is 0 Å². The van der Waals surface area contributed by atoms with E-state index in [4.69, 9.17) is 0 Å². The molecule has 0 aliphatic carbocycles. The molecule has 2 aliphatic heterocycles. The Bertz CT molecular complexity index is 1540. The van der Waals surface area contributed by atoms with Gasteiger partial charge in [-0.3, -0.25) is 4.90 Å². The van der Waals surface area contributed by atoms with Crippen LogP contribution in [0.1, 0.15) is 49.7 Å². The van der Waals surface area contributed by atoms with E-state index in [1.807, 2.05) is 17.6 Å². The van der Waals surface area contributed by atoms with Crippen LogP contribution in [0.4, 0.5) is 29.3 Å². The van der Waals surface area contributed by atoms with Gasteiger partial charge in [0, 0.05) is 63.1 Å². The summed E-state index contributed by atoms with van der Waals surface area (Å²) < 4.78 is 59.2. The zero-order valence-electron chi connectivity index (χ0n) is 23.0. The Hall–Kier alpha value is -3.64. The highest BCUT2D eigenvalue weighted by atomic mass is 19.4. The number of piperazine rings is 1. The molecule has 1 N–H and O–H groups in total. The predicted octanol–water partition coefficient (Wildman–Crippen LogP) is 5.82. The predicted molar refractivity (Wildman–Crippen MR) is 148 cm³/mol. The van der Waals surface area contributed by atoms with Crippen LogP contribution in [0.2, 0.25) is 0 Å². The fourth-order valence-corrected chi connectivity index (χ4v) is 5.79. The molecule has 6 rings (SSSR count). The van der Waals surface area contributed by atoms with Crippen molar-refractivity contribution in [2.75, 3.05) is 38.0 Å². The lowest BCUT2D eigenvalue weighted by Crippen LogP contribution is -2.45. The van der Waals surface area contributed by atoms with Crippen molar-refractivity contribution in [2.45, 2.75) is 51.9 Å². The van der Waals surface area contributed by atoms with Crippen molar-refractivity contribution in [1.29, 1.82) is 0 Å². The average Bonchev–Trinajstić information content (AvgIpc) is 3.34. The van der Waals surface area contributed by atoms with E-state index in [0.29, 0.717) is 17.8 Å². The lowest BCUT2D eigenvalue weighted by molar-refractivity contribution is -0.137. The van der Waals surface area contributed by atoms with Gasteiger partial charge in [0.05, 0.1) is 11.2 Å². The molecule has 0 amide bonds. The Labute approximate surface area is 235 Å². The SMILES string of the molecule is CCN1CCN(Cc2ccc(Nc3ncc(C(F)(F)F)c(-c4cc(F)c5nc6n(c5c4)C(C)CCC6)n3)nc2)CC1. The van der Waals surface area contributed by atoms with Crippen molar-refractivity contribution >= 4 is 22.8 Å². The molecule has 1 aromatic carbocycles. The van der Waals surface area contributed by atoms with Gasteiger partial charge in [-0.05, 0) is 50.1 Å². The molecule has 0 spiro atoms. The summed E-state index contributed by atoms with van der Waals surface area (Å²) in [5.74, 6) is 0.401. The van der Waals surface area contributed by atoms with Crippen LogP contribution in [-0.4, -0.2) is 67.0 Å². The number of hydrogen-bond acceptors (Lipinski definition) is 7. The highest BCUT2D eigenvalue weighted by Crippen LogP contribution is 2.39. The highest BCUT2D eigenvalue weighted by molar-refractivity contribution is 5.84. The van der Waals surface area contributed by atoms with E-state index in [-0.39, 0.29) is 23.1 Å². The molecule has 1 saturated heterocycles. The topological polar surface area (TPSA) is 75.0 Å². The van der Waals surface area contributed by atoms with E-state index in [1.165, 1.54) is 0 Å². The Morgan fingerprint density at radius 3 is 2.49 bits per heavy atom. The Kier molecular flexibility index (Phi) is 7.37. The normalized spacial score (nSPS) is 18.5. The van der Waals surface area contributed by atoms with Crippen LogP contribution in [0, 0.1) is 5.82 Å². The van der Waals surface area contributed by atoms with Gasteiger partial charge < -0.3 is 14.8 Å². The lowest BCUT2D eigenvalue weighted by Gasteiger charge is -2.33. The number of alkyl halides is 3. The van der Waals surface area contributed by atoms with Crippen molar-refractivity contribution in [1.82, 2.24) is 34.3 Å². The van der Waals surface area contributed by atoms with Crippen LogP contribution >= 0.6 is 0 Å². The summed E-state index contributed by atoms with van der Waals surface area (Å²) in [5.41, 5.74) is 0.237. The number of hydrogen-bond donors (Lipinski definition) is 1. The Balaban J connectivity index is 1.28. The molecule has 0 bridgehead atoms. The molecular formula is C29H32F4N8. The second-order valence-corrected chi connectivity index (χ2v) is 10.8. The zero-order valence-corrected chi connectivity index (χ0v) is 23.0. The first kappa shape index (κ1) is 27.5. The van der Waals surface area contributed by atoms with Crippen LogP contribution in [0.15, 0.2) is 36.7 Å². The van der Waals surface area contributed by atoms with Gasteiger partial charge in [-0.25, -0.2) is 24.3 Å². The number of halogens is 4. The number of aromatic nitrogens is 5. The summed E-state index contributed by atoms with van der Waals surface area (Å²) in [5, 5.41) is 2.91. The first-order valence-corrected chi connectivity index (χ1v) is 14.0. The number of benzene rings is 1. The number of pyridine rings is 1. The number of anilines is 2. The van der Waals surface area contributed by atoms with Crippen molar-refractivity contribution in [3.05, 3.63) is 59.4 Å². The van der Waals surface area contributed by atoms with Gasteiger partial charge >= 0.3 is 6.18 Å². The van der Waals surface area contributed by atoms with Crippen molar-refractivity contribution < 1.29 is 17.6 Å². The third-order valence-electron chi connectivity index (χ3n) is 8.04. The molecule has 0 saturated carbocycles. The van der Waals surface area contributed by atoms with E-state index in [1.54, 1.807) is 18.3 Å². The molecular weight excluding hydrogens is 536 g/mol. The van der Waals surface area contributed by atoms with Crippen LogP contribution in [0.25, 0.3) is 22.3 Å². The third kappa shape index (κ3) is 5.62. The minimum Gasteiger partial charge on any atom is -0.325 e. The Morgan fingerprint density at radius 1 is 1.00 bits per heavy atom. The van der Waals surface area contributed by atoms with E-state index in [2.05, 4.69) is 42.0 Å². The van der Waals surface area contributed by atoms with Crippen LogP contribution in [-0.2, 0) is 19.1 Å². The molecule has 0 radical (unpaired) electrons. The molecule has 41 heavy (non-hydrogen) atoms. The molecule has 216 valence electrons. The molecule has 1 atom stereocenters. The van der Waals surface area contributed by atoms with E-state index < -0.39 is 23.3 Å². The summed E-state index contributed by atoms with van der Waals surface area (Å²) in [6.07, 6.45) is 0.263. The van der Waals surface area contributed by atoms with Crippen molar-refractivity contribution in [2.24, 2.45) is 0 Å². The van der Waals surface area contributed by atoms with Gasteiger partial charge in [-0.2, -0.15) is 13.2 Å². The molecule has 4 aromatic rings. The fourth-order valence-electron chi connectivity index (χ4n) is 5.79. The first-order chi connectivity index (χ1) is 19.7. The molecule has 5 heterocycles. The number of rotatable bonds is 6. The van der Waals surface area contributed by atoms with Crippen LogP contribution in [0.5, 0.6) is 0 Å². The number of aryl methyl sites for hydroxylation is 1. The minimum atomic E-state index is -4.73. The quantitative estimate of drug-likeness (QED) is 0.294. The van der Waals surface area contributed by atoms with E-state index >= 15 is 4.39 Å². The van der Waals surface area contributed by atoms with Crippen LogP contribution < -0.4 is 5.32 Å². The number of nitrogens with one attached hydrogen (secondary N) is 1. The molecule has 12 heteroatoms. The number of likely N-dealkylation sites (N-methyl/N-ethyl adjacent to an activating group) is 1. The van der Waals surface area contributed by atoms with Gasteiger partial charge in [0.1, 0.15) is 22.7 Å². The maximum atomic E-state index is 15.2. The van der Waals surface area contributed by atoms with E-state index in [0.717, 1.165) is 75.8 Å². The van der Waals surface area contributed by atoms with Crippen molar-refractivity contribution in [3.8, 4) is 11.3 Å². The van der Waals surface area contributed by atoms with Gasteiger partial charge in [-0.1, -0.05) is 13.0 Å². The first-order valence-electron chi connectivity index (χ1n) is 14.0. The van der Waals surface area contributed by atoms with Gasteiger partial charge in [0.2, 0.25) is 5.95 Å². The largest absolute Gasteiger partial charge is 0.419 e. The molecule has 2 aliphatic rings. The van der Waals surface area contributed by atoms with Gasteiger partial charge in [-0.15, -0.1) is 0 Å². The van der Waals surface area contributed by atoms with Crippen LogP contribution in [0.3, 0.4) is 0 Å². The smallest absolute Gasteiger partial charge is 0.325 e. The summed E-state index contributed by atoms with van der Waals surface area (Å²) in [6.45, 7) is 10.1. The van der Waals surface area contributed by atoms with Gasteiger partial charge in [0.15, 0.2) is 5.82 Å². The zero-order chi connectivity index (χ0) is 28.7. The summed E-state index contributed by atoms with van der Waals surface area (Å²) in [4.78, 5) is 21.8. The molecule has 1 unspecified atom stereocenters. The molecule has 1 fully saturated rings. The summed E-state index contributed by atoms with van der Waals surface area (Å²) >= 11 is 0. The Morgan fingerprint density at radius 2 is 1.78 bits per heavy atom. The van der Waals surface area contributed by atoms with E-state index in [9.17, 15) is 13.2 Å². The summed E-state index contributed by atoms with van der Waals surface area (Å²) in [6, 6.07) is 6.37. The number of nitrogens with zero attached hydrogens (tertiary/aromatic N) is 7. The molecule has 8 nitrogen and oxygen atoms in total. The summed E-state index contributed by atoms with van der Waals surface area (Å²) in [7, 11) is 0. The lowest BCUT2D eigenvalue weighted by atomic mass is 10.0. The minimum absolute atomic E-state index is 0.0136. The average molecular weight is 569 g/mol. The second-order valence-electron chi connectivity index (χ2n) is 10.8. The molecule has 3 aromatic heterocycles. The monoisotopic (exact) mass is 568 g/mol.